The summed E-state index contributed by atoms with van der Waals surface area (Å²) in [5, 5.41) is 14.3. The Hall–Kier alpha value is -1.53. The molecule has 1 heterocycles. The Morgan fingerprint density at radius 1 is 1.40 bits per heavy atom. The molecule has 0 bridgehead atoms. The van der Waals surface area contributed by atoms with Crippen molar-refractivity contribution >= 4 is 22.5 Å². The Kier molecular flexibility index (Phi) is 3.70. The number of nitrogens with zero attached hydrogens (tertiary/aromatic N) is 3. The summed E-state index contributed by atoms with van der Waals surface area (Å²) >= 11 is 5.95. The van der Waals surface area contributed by atoms with Gasteiger partial charge in [-0.05, 0) is 12.1 Å². The first-order valence-corrected chi connectivity index (χ1v) is 5.13. The summed E-state index contributed by atoms with van der Waals surface area (Å²) in [6, 6.07) is 7.49. The van der Waals surface area contributed by atoms with Gasteiger partial charge in [0, 0.05) is 7.05 Å². The number of fused-ring (bicyclic) bond motifs is 1. The summed E-state index contributed by atoms with van der Waals surface area (Å²) < 4.78 is 1.54. The van der Waals surface area contributed by atoms with Gasteiger partial charge in [-0.15, -0.1) is 0 Å². The molecule has 0 aliphatic carbocycles. The zero-order valence-electron chi connectivity index (χ0n) is 8.95. The molecule has 2 rings (SSSR count). The van der Waals surface area contributed by atoms with Crippen LogP contribution in [0.5, 0.6) is 0 Å². The highest BCUT2D eigenvalue weighted by Crippen LogP contribution is 2.25. The van der Waals surface area contributed by atoms with Gasteiger partial charge in [0.2, 0.25) is 0 Å². The van der Waals surface area contributed by atoms with Crippen molar-refractivity contribution in [3.05, 3.63) is 28.9 Å². The fraction of sp³-hybridized carbons (Fsp3) is 0.273. The first-order chi connectivity index (χ1) is 7.24. The zero-order valence-corrected chi connectivity index (χ0v) is 9.71. The summed E-state index contributed by atoms with van der Waals surface area (Å²) in [4.78, 5) is 0. The van der Waals surface area contributed by atoms with Gasteiger partial charge in [-0.3, -0.25) is 4.68 Å². The second-order valence-corrected chi connectivity index (χ2v) is 3.13. The van der Waals surface area contributed by atoms with Crippen molar-refractivity contribution in [3.8, 4) is 6.07 Å². The van der Waals surface area contributed by atoms with Gasteiger partial charge >= 0.3 is 0 Å². The summed E-state index contributed by atoms with van der Waals surface area (Å²) in [7, 11) is 1.73. The lowest BCUT2D eigenvalue weighted by atomic mass is 10.2. The van der Waals surface area contributed by atoms with Gasteiger partial charge in [-0.2, -0.15) is 10.4 Å². The molecule has 0 radical (unpaired) electrons. The average Bonchev–Trinajstić information content (AvgIpc) is 2.58. The predicted octanol–water partition coefficient (Wildman–Crippen LogP) is 3.12. The predicted molar refractivity (Wildman–Crippen MR) is 61.8 cm³/mol. The van der Waals surface area contributed by atoms with Crippen LogP contribution in [0.25, 0.3) is 10.9 Å². The Balaban J connectivity index is 0.000000531. The molecule has 0 aliphatic rings. The highest BCUT2D eigenvalue weighted by molar-refractivity contribution is 6.35. The standard InChI is InChI=1S/C9H6ClN3.C2H6/c1-13-8(5-11)9-6(10)3-2-4-7(9)12-13;1-2/h2-4H,1H3;1-2H3. The number of benzene rings is 1. The maximum absolute atomic E-state index is 8.86. The minimum atomic E-state index is 0.501. The monoisotopic (exact) mass is 221 g/mol. The largest absolute Gasteiger partial charge is 0.257 e. The number of hydrogen-bond donors (Lipinski definition) is 0. The van der Waals surface area contributed by atoms with Gasteiger partial charge in [0.1, 0.15) is 11.8 Å². The fourth-order valence-electron chi connectivity index (χ4n) is 1.33. The third-order valence-electron chi connectivity index (χ3n) is 1.92. The second kappa shape index (κ2) is 4.81. The first kappa shape index (κ1) is 11.5. The normalized spacial score (nSPS) is 9.27. The minimum Gasteiger partial charge on any atom is -0.257 e. The van der Waals surface area contributed by atoms with Crippen LogP contribution in [-0.4, -0.2) is 9.78 Å². The lowest BCUT2D eigenvalue weighted by Crippen LogP contribution is -1.92. The van der Waals surface area contributed by atoms with Crippen LogP contribution in [-0.2, 0) is 7.05 Å². The average molecular weight is 222 g/mol. The molecule has 78 valence electrons. The van der Waals surface area contributed by atoms with E-state index < -0.39 is 0 Å². The molecule has 0 unspecified atom stereocenters. The number of aryl methyl sites for hydroxylation is 1. The molecule has 0 fully saturated rings. The van der Waals surface area contributed by atoms with Crippen LogP contribution in [0.4, 0.5) is 0 Å². The zero-order chi connectivity index (χ0) is 11.4. The van der Waals surface area contributed by atoms with Crippen LogP contribution in [0, 0.1) is 11.3 Å². The van der Waals surface area contributed by atoms with Crippen LogP contribution in [0.3, 0.4) is 0 Å². The number of nitriles is 1. The van der Waals surface area contributed by atoms with E-state index in [1.807, 2.05) is 26.0 Å². The molecule has 0 N–H and O–H groups in total. The van der Waals surface area contributed by atoms with Crippen molar-refractivity contribution < 1.29 is 0 Å². The molecule has 0 aliphatic heterocycles. The summed E-state index contributed by atoms with van der Waals surface area (Å²) in [5.41, 5.74) is 1.26. The van der Waals surface area contributed by atoms with E-state index in [9.17, 15) is 0 Å². The van der Waals surface area contributed by atoms with E-state index in [2.05, 4.69) is 11.2 Å². The molecule has 0 amide bonds. The van der Waals surface area contributed by atoms with Crippen LogP contribution < -0.4 is 0 Å². The van der Waals surface area contributed by atoms with Gasteiger partial charge in [0.05, 0.1) is 15.9 Å². The van der Waals surface area contributed by atoms with Crippen LogP contribution in [0.1, 0.15) is 19.5 Å². The van der Waals surface area contributed by atoms with Gasteiger partial charge in [0.15, 0.2) is 0 Å². The highest BCUT2D eigenvalue weighted by Gasteiger charge is 2.10. The Bertz CT molecular complexity index is 508. The Morgan fingerprint density at radius 2 is 2.07 bits per heavy atom. The Labute approximate surface area is 93.9 Å². The van der Waals surface area contributed by atoms with Crippen molar-refractivity contribution in [3.63, 3.8) is 0 Å². The molecular weight excluding hydrogens is 210 g/mol. The summed E-state index contributed by atoms with van der Waals surface area (Å²) in [5.74, 6) is 0. The van der Waals surface area contributed by atoms with Gasteiger partial charge in [-0.1, -0.05) is 31.5 Å². The minimum absolute atomic E-state index is 0.501. The molecule has 2 aromatic rings. The maximum atomic E-state index is 8.86. The second-order valence-electron chi connectivity index (χ2n) is 2.72. The van der Waals surface area contributed by atoms with Crippen molar-refractivity contribution in [2.75, 3.05) is 0 Å². The molecule has 15 heavy (non-hydrogen) atoms. The van der Waals surface area contributed by atoms with Crippen LogP contribution in [0.15, 0.2) is 18.2 Å². The third kappa shape index (κ3) is 1.95. The van der Waals surface area contributed by atoms with Crippen molar-refractivity contribution in [1.29, 1.82) is 5.26 Å². The third-order valence-corrected chi connectivity index (χ3v) is 2.23. The van der Waals surface area contributed by atoms with Gasteiger partial charge in [-0.25, -0.2) is 0 Å². The molecule has 0 spiro atoms. The fourth-order valence-corrected chi connectivity index (χ4v) is 1.59. The van der Waals surface area contributed by atoms with E-state index in [0.29, 0.717) is 10.7 Å². The van der Waals surface area contributed by atoms with Gasteiger partial charge < -0.3 is 0 Å². The molecule has 1 aromatic carbocycles. The van der Waals surface area contributed by atoms with Crippen LogP contribution in [0.2, 0.25) is 5.02 Å². The van der Waals surface area contributed by atoms with E-state index >= 15 is 0 Å². The van der Waals surface area contributed by atoms with Crippen molar-refractivity contribution in [2.45, 2.75) is 13.8 Å². The SMILES string of the molecule is CC.Cn1nc2cccc(Cl)c2c1C#N. The molecule has 0 saturated carbocycles. The van der Waals surface area contributed by atoms with E-state index in [-0.39, 0.29) is 0 Å². The van der Waals surface area contributed by atoms with E-state index in [4.69, 9.17) is 16.9 Å². The van der Waals surface area contributed by atoms with E-state index in [0.717, 1.165) is 10.9 Å². The van der Waals surface area contributed by atoms with Crippen molar-refractivity contribution in [1.82, 2.24) is 9.78 Å². The topological polar surface area (TPSA) is 41.6 Å². The number of halogens is 1. The highest BCUT2D eigenvalue weighted by atomic mass is 35.5. The quantitative estimate of drug-likeness (QED) is 0.686. The van der Waals surface area contributed by atoms with E-state index in [1.54, 1.807) is 13.1 Å². The smallest absolute Gasteiger partial charge is 0.147 e. The molecule has 3 nitrogen and oxygen atoms in total. The van der Waals surface area contributed by atoms with Crippen molar-refractivity contribution in [2.24, 2.45) is 7.05 Å². The Morgan fingerprint density at radius 3 is 2.67 bits per heavy atom. The summed E-state index contributed by atoms with van der Waals surface area (Å²) in [6.07, 6.45) is 0. The molecular formula is C11H12ClN3. The summed E-state index contributed by atoms with van der Waals surface area (Å²) in [6.45, 7) is 4.00. The lowest BCUT2D eigenvalue weighted by molar-refractivity contribution is 0.767. The van der Waals surface area contributed by atoms with Crippen LogP contribution >= 0.6 is 11.6 Å². The molecule has 4 heteroatoms. The number of aromatic nitrogens is 2. The van der Waals surface area contributed by atoms with Gasteiger partial charge in [0.25, 0.3) is 0 Å². The number of rotatable bonds is 0. The lowest BCUT2D eigenvalue weighted by Gasteiger charge is -1.91. The molecule has 1 aromatic heterocycles. The van der Waals surface area contributed by atoms with E-state index in [1.165, 1.54) is 4.68 Å². The number of hydrogen-bond acceptors (Lipinski definition) is 2. The molecule has 0 saturated heterocycles. The first-order valence-electron chi connectivity index (χ1n) is 4.75. The molecule has 0 atom stereocenters. The maximum Gasteiger partial charge on any atom is 0.147 e.